The molecule has 0 aliphatic carbocycles. The number of rotatable bonds is 8. The first-order chi connectivity index (χ1) is 20.6. The van der Waals surface area contributed by atoms with E-state index in [9.17, 15) is 27.9 Å². The Labute approximate surface area is 264 Å². The first kappa shape index (κ1) is 32.7. The fourth-order valence-corrected chi connectivity index (χ4v) is 6.03. The minimum absolute atomic E-state index is 0. The average Bonchev–Trinajstić information content (AvgIpc) is 2.99. The number of aromatic nitrogens is 2. The van der Waals surface area contributed by atoms with Crippen LogP contribution < -0.4 is 16.2 Å². The highest BCUT2D eigenvalue weighted by molar-refractivity contribution is 7.91. The number of benzene rings is 2. The quantitative estimate of drug-likeness (QED) is 0.241. The van der Waals surface area contributed by atoms with Gasteiger partial charge in [0.25, 0.3) is 17.4 Å². The van der Waals surface area contributed by atoms with Crippen LogP contribution in [0.5, 0.6) is 5.75 Å². The number of anilines is 2. The predicted octanol–water partition coefficient (Wildman–Crippen LogP) is 3.93. The van der Waals surface area contributed by atoms with E-state index in [-0.39, 0.29) is 57.9 Å². The number of phenolic OH excluding ortho intramolecular Hbond substituents is 1. The van der Waals surface area contributed by atoms with Gasteiger partial charge >= 0.3 is 0 Å². The van der Waals surface area contributed by atoms with Crippen molar-refractivity contribution < 1.29 is 23.1 Å². The highest BCUT2D eigenvalue weighted by Crippen LogP contribution is 2.29. The number of hydrogen-bond acceptors (Lipinski definition) is 8. The number of phenols is 1. The molecule has 1 saturated heterocycles. The molecule has 1 aliphatic heterocycles. The molecule has 2 aromatic carbocycles. The molecule has 0 atom stereocenters. The van der Waals surface area contributed by atoms with E-state index >= 15 is 0 Å². The zero-order valence-corrected chi connectivity index (χ0v) is 25.7. The van der Waals surface area contributed by atoms with Crippen LogP contribution >= 0.6 is 24.0 Å². The number of halogens is 2. The van der Waals surface area contributed by atoms with E-state index in [0.29, 0.717) is 42.3 Å². The number of pyridine rings is 2. The number of carbonyl (C=O) groups is 2. The van der Waals surface area contributed by atoms with Crippen molar-refractivity contribution in [1.29, 1.82) is 0 Å². The fraction of sp³-hybridized carbons (Fsp3) is 0.200. The Hall–Kier alpha value is -4.23. The third-order valence-electron chi connectivity index (χ3n) is 7.07. The molecule has 0 bridgehead atoms. The predicted molar refractivity (Wildman–Crippen MR) is 172 cm³/mol. The summed E-state index contributed by atoms with van der Waals surface area (Å²) >= 11 is 5.84. The summed E-state index contributed by atoms with van der Waals surface area (Å²) in [7, 11) is -2.97. The maximum Gasteiger partial charge on any atom is 0.259 e. The second-order valence-electron chi connectivity index (χ2n) is 9.96. The van der Waals surface area contributed by atoms with Crippen LogP contribution in [0.15, 0.2) is 83.9 Å². The molecule has 230 valence electrons. The lowest BCUT2D eigenvalue weighted by Crippen LogP contribution is -2.42. The summed E-state index contributed by atoms with van der Waals surface area (Å²) in [6.45, 7) is 1.87. The van der Waals surface area contributed by atoms with Crippen molar-refractivity contribution in [3.63, 3.8) is 0 Å². The van der Waals surface area contributed by atoms with Crippen LogP contribution in [0.2, 0.25) is 5.02 Å². The first-order valence-electron chi connectivity index (χ1n) is 13.4. The van der Waals surface area contributed by atoms with E-state index in [4.69, 9.17) is 11.6 Å². The Morgan fingerprint density at radius 1 is 0.909 bits per heavy atom. The number of sulfone groups is 1. The molecule has 44 heavy (non-hydrogen) atoms. The van der Waals surface area contributed by atoms with Crippen molar-refractivity contribution in [1.82, 2.24) is 14.5 Å². The summed E-state index contributed by atoms with van der Waals surface area (Å²) in [4.78, 5) is 45.2. The molecule has 2 aromatic heterocycles. The Morgan fingerprint density at radius 2 is 1.64 bits per heavy atom. The molecule has 0 saturated carbocycles. The summed E-state index contributed by atoms with van der Waals surface area (Å²) in [5.41, 5.74) is 1.06. The third kappa shape index (κ3) is 7.83. The standard InChI is InChI=1S/C30H28ClN5O6S.ClH/c31-22-10-11-26(32-19-22)33-29(39)24-3-1-5-25(37)27(24)34-28(38)21-8-6-20(7-9-21)23-4-2-12-36(30(23)40)14-13-35-15-17-43(41,42)18-16-35;/h1-12,19,37H,13-18H2,(H,34,38)(H,32,33,39);1H. The smallest absolute Gasteiger partial charge is 0.259 e. The van der Waals surface area contributed by atoms with Crippen LogP contribution in [0.4, 0.5) is 11.5 Å². The number of hydrogen-bond donors (Lipinski definition) is 3. The molecular weight excluding hydrogens is 629 g/mol. The minimum Gasteiger partial charge on any atom is -0.506 e. The zero-order valence-electron chi connectivity index (χ0n) is 23.3. The molecule has 1 aliphatic rings. The Balaban J connectivity index is 0.00000442. The van der Waals surface area contributed by atoms with Gasteiger partial charge in [0.1, 0.15) is 11.6 Å². The van der Waals surface area contributed by atoms with Crippen LogP contribution in [-0.2, 0) is 16.4 Å². The fourth-order valence-electron chi connectivity index (χ4n) is 4.64. The topological polar surface area (TPSA) is 151 Å². The molecule has 5 rings (SSSR count). The van der Waals surface area contributed by atoms with Crippen LogP contribution in [0.1, 0.15) is 20.7 Å². The zero-order chi connectivity index (χ0) is 30.6. The third-order valence-corrected chi connectivity index (χ3v) is 8.90. The van der Waals surface area contributed by atoms with Crippen molar-refractivity contribution in [2.24, 2.45) is 0 Å². The summed E-state index contributed by atoms with van der Waals surface area (Å²) in [6.07, 6.45) is 3.07. The van der Waals surface area contributed by atoms with Crippen LogP contribution in [0, 0.1) is 0 Å². The number of nitrogens with zero attached hydrogens (tertiary/aromatic N) is 3. The van der Waals surface area contributed by atoms with Gasteiger partial charge in [-0.05, 0) is 54.1 Å². The van der Waals surface area contributed by atoms with E-state index in [1.54, 1.807) is 53.2 Å². The van der Waals surface area contributed by atoms with E-state index < -0.39 is 21.7 Å². The number of carbonyl (C=O) groups excluding carboxylic acids is 2. The SMILES string of the molecule is Cl.O=C(Nc1c(O)cccc1C(=O)Nc1ccc(Cl)cn1)c1ccc(-c2cccn(CCN3CCS(=O)(=O)CC3)c2=O)cc1. The van der Waals surface area contributed by atoms with Gasteiger partial charge in [-0.25, -0.2) is 13.4 Å². The second-order valence-corrected chi connectivity index (χ2v) is 12.7. The molecule has 0 unspecified atom stereocenters. The summed E-state index contributed by atoms with van der Waals surface area (Å²) in [5.74, 6) is -0.963. The van der Waals surface area contributed by atoms with Gasteiger partial charge in [0.15, 0.2) is 9.84 Å². The largest absolute Gasteiger partial charge is 0.506 e. The molecule has 2 amide bonds. The first-order valence-corrected chi connectivity index (χ1v) is 15.6. The van der Waals surface area contributed by atoms with Gasteiger partial charge < -0.3 is 20.3 Å². The lowest BCUT2D eigenvalue weighted by Gasteiger charge is -2.26. The van der Waals surface area contributed by atoms with E-state index in [1.165, 1.54) is 30.5 Å². The number of aromatic hydroxyl groups is 1. The van der Waals surface area contributed by atoms with Gasteiger partial charge in [-0.15, -0.1) is 12.4 Å². The minimum atomic E-state index is -2.97. The summed E-state index contributed by atoms with van der Waals surface area (Å²) < 4.78 is 24.9. The normalized spacial score (nSPS) is 14.3. The van der Waals surface area contributed by atoms with Crippen molar-refractivity contribution in [2.75, 3.05) is 41.8 Å². The molecular formula is C30H29Cl2N5O6S. The van der Waals surface area contributed by atoms with E-state index in [1.807, 2.05) is 4.90 Å². The Kier molecular flexibility index (Phi) is 10.4. The number of amides is 2. The highest BCUT2D eigenvalue weighted by Gasteiger charge is 2.22. The molecule has 3 N–H and O–H groups in total. The van der Waals surface area contributed by atoms with Gasteiger partial charge in [0, 0.05) is 49.7 Å². The maximum absolute atomic E-state index is 13.2. The van der Waals surface area contributed by atoms with Crippen molar-refractivity contribution in [3.05, 3.63) is 106 Å². The van der Waals surface area contributed by atoms with Crippen molar-refractivity contribution in [2.45, 2.75) is 6.54 Å². The molecule has 0 radical (unpaired) electrons. The van der Waals surface area contributed by atoms with Crippen molar-refractivity contribution in [3.8, 4) is 16.9 Å². The molecule has 1 fully saturated rings. The van der Waals surface area contributed by atoms with Crippen LogP contribution in [0.3, 0.4) is 0 Å². The lowest BCUT2D eigenvalue weighted by molar-refractivity contribution is 0.102. The average molecular weight is 659 g/mol. The molecule has 14 heteroatoms. The monoisotopic (exact) mass is 657 g/mol. The summed E-state index contributed by atoms with van der Waals surface area (Å²) in [6, 6.07) is 17.2. The van der Waals surface area contributed by atoms with Crippen LogP contribution in [-0.4, -0.2) is 70.9 Å². The molecule has 0 spiro atoms. The number of nitrogens with one attached hydrogen (secondary N) is 2. The molecule has 3 heterocycles. The van der Waals surface area contributed by atoms with E-state index in [2.05, 4.69) is 15.6 Å². The van der Waals surface area contributed by atoms with Gasteiger partial charge in [0.2, 0.25) is 0 Å². The second kappa shape index (κ2) is 14.0. The van der Waals surface area contributed by atoms with Gasteiger partial charge in [-0.3, -0.25) is 19.3 Å². The van der Waals surface area contributed by atoms with Gasteiger partial charge in [-0.1, -0.05) is 29.8 Å². The Morgan fingerprint density at radius 3 is 2.32 bits per heavy atom. The lowest BCUT2D eigenvalue weighted by atomic mass is 10.0. The highest BCUT2D eigenvalue weighted by atomic mass is 35.5. The maximum atomic E-state index is 13.2. The Bertz CT molecular complexity index is 1820. The van der Waals surface area contributed by atoms with Gasteiger partial charge in [-0.2, -0.15) is 0 Å². The molecule has 4 aromatic rings. The molecule has 11 nitrogen and oxygen atoms in total. The van der Waals surface area contributed by atoms with Gasteiger partial charge in [0.05, 0.1) is 27.8 Å². The number of para-hydroxylation sites is 1. The van der Waals surface area contributed by atoms with Crippen molar-refractivity contribution >= 4 is 57.2 Å². The summed E-state index contributed by atoms with van der Waals surface area (Å²) in [5, 5.41) is 16.1. The van der Waals surface area contributed by atoms with Crippen LogP contribution in [0.25, 0.3) is 11.1 Å². The van der Waals surface area contributed by atoms with E-state index in [0.717, 1.165) is 0 Å².